The Morgan fingerprint density at radius 2 is 2.05 bits per heavy atom. The predicted octanol–water partition coefficient (Wildman–Crippen LogP) is 1.78. The van der Waals surface area contributed by atoms with Crippen LogP contribution >= 0.6 is 0 Å². The van der Waals surface area contributed by atoms with Gasteiger partial charge in [-0.1, -0.05) is 25.1 Å². The summed E-state index contributed by atoms with van der Waals surface area (Å²) in [7, 11) is -3.41. The summed E-state index contributed by atoms with van der Waals surface area (Å²) in [6.45, 7) is 3.33. The number of likely N-dealkylation sites (tertiary alicyclic amines) is 1. The third-order valence-corrected chi connectivity index (χ3v) is 6.83. The van der Waals surface area contributed by atoms with Gasteiger partial charge in [0.2, 0.25) is 15.9 Å². The Balaban J connectivity index is 1.83. The van der Waals surface area contributed by atoms with E-state index in [1.807, 2.05) is 31.2 Å². The minimum absolute atomic E-state index is 0.0433. The SMILES string of the molecule is CCC(=O)N1CCCC(S(=O)(=O)N2CCc3ccccc32)C1. The van der Waals surface area contributed by atoms with Crippen LogP contribution in [0.2, 0.25) is 0 Å². The van der Waals surface area contributed by atoms with Gasteiger partial charge in [0, 0.05) is 26.1 Å². The maximum absolute atomic E-state index is 13.0. The van der Waals surface area contributed by atoms with Crippen molar-refractivity contribution >= 4 is 21.6 Å². The number of hydrogen-bond donors (Lipinski definition) is 0. The van der Waals surface area contributed by atoms with E-state index in [1.165, 1.54) is 0 Å². The van der Waals surface area contributed by atoms with E-state index in [2.05, 4.69) is 0 Å². The van der Waals surface area contributed by atoms with Crippen molar-refractivity contribution in [1.82, 2.24) is 4.90 Å². The average Bonchev–Trinajstić information content (AvgIpc) is 2.99. The van der Waals surface area contributed by atoms with E-state index in [4.69, 9.17) is 0 Å². The fourth-order valence-corrected chi connectivity index (χ4v) is 5.37. The number of fused-ring (bicyclic) bond motifs is 1. The van der Waals surface area contributed by atoms with Gasteiger partial charge in [-0.25, -0.2) is 8.42 Å². The molecule has 1 atom stereocenters. The van der Waals surface area contributed by atoms with Gasteiger partial charge in [0.15, 0.2) is 0 Å². The molecule has 0 aliphatic carbocycles. The Labute approximate surface area is 132 Å². The van der Waals surface area contributed by atoms with Crippen molar-refractivity contribution in [3.05, 3.63) is 29.8 Å². The van der Waals surface area contributed by atoms with Crippen molar-refractivity contribution in [1.29, 1.82) is 0 Å². The monoisotopic (exact) mass is 322 g/mol. The van der Waals surface area contributed by atoms with Crippen molar-refractivity contribution in [2.75, 3.05) is 23.9 Å². The summed E-state index contributed by atoms with van der Waals surface area (Å²) in [5, 5.41) is -0.483. The highest BCUT2D eigenvalue weighted by molar-refractivity contribution is 7.93. The van der Waals surface area contributed by atoms with E-state index in [9.17, 15) is 13.2 Å². The number of anilines is 1. The lowest BCUT2D eigenvalue weighted by atomic mass is 10.1. The van der Waals surface area contributed by atoms with Crippen LogP contribution in [0.4, 0.5) is 5.69 Å². The zero-order chi connectivity index (χ0) is 15.7. The van der Waals surface area contributed by atoms with E-state index in [0.717, 1.165) is 24.1 Å². The van der Waals surface area contributed by atoms with Gasteiger partial charge in [0.1, 0.15) is 0 Å². The molecule has 1 unspecified atom stereocenters. The smallest absolute Gasteiger partial charge is 0.239 e. The van der Waals surface area contributed by atoms with E-state index in [1.54, 1.807) is 9.21 Å². The van der Waals surface area contributed by atoms with Crippen LogP contribution in [0.15, 0.2) is 24.3 Å². The Hall–Kier alpha value is -1.56. The van der Waals surface area contributed by atoms with Gasteiger partial charge in [0.05, 0.1) is 10.9 Å². The number of carbonyl (C=O) groups excluding carboxylic acids is 1. The Kier molecular flexibility index (Phi) is 4.12. The molecule has 1 saturated heterocycles. The van der Waals surface area contributed by atoms with Crippen LogP contribution in [0.5, 0.6) is 0 Å². The molecular weight excluding hydrogens is 300 g/mol. The zero-order valence-corrected chi connectivity index (χ0v) is 13.7. The first-order valence-electron chi connectivity index (χ1n) is 7.91. The number of nitrogens with zero attached hydrogens (tertiary/aromatic N) is 2. The fraction of sp³-hybridized carbons (Fsp3) is 0.562. The largest absolute Gasteiger partial charge is 0.341 e. The number of para-hydroxylation sites is 1. The Morgan fingerprint density at radius 1 is 1.27 bits per heavy atom. The predicted molar refractivity (Wildman–Crippen MR) is 86.3 cm³/mol. The number of benzene rings is 1. The highest BCUT2D eigenvalue weighted by atomic mass is 32.2. The highest BCUT2D eigenvalue weighted by Gasteiger charge is 2.38. The summed E-state index contributed by atoms with van der Waals surface area (Å²) in [6.07, 6.45) is 2.58. The number of piperidine rings is 1. The van der Waals surface area contributed by atoms with Gasteiger partial charge in [-0.3, -0.25) is 9.10 Å². The third kappa shape index (κ3) is 2.60. The molecule has 1 amide bonds. The number of amides is 1. The molecule has 1 fully saturated rings. The van der Waals surface area contributed by atoms with Crippen LogP contribution < -0.4 is 4.31 Å². The molecule has 120 valence electrons. The molecule has 0 saturated carbocycles. The fourth-order valence-electron chi connectivity index (χ4n) is 3.38. The molecule has 2 aliphatic rings. The summed E-state index contributed by atoms with van der Waals surface area (Å²) in [5.74, 6) is 0.0433. The second-order valence-corrected chi connectivity index (χ2v) is 8.09. The van der Waals surface area contributed by atoms with Crippen molar-refractivity contribution in [2.24, 2.45) is 0 Å². The second-order valence-electron chi connectivity index (χ2n) is 5.95. The summed E-state index contributed by atoms with van der Waals surface area (Å²) in [5.41, 5.74) is 1.89. The van der Waals surface area contributed by atoms with Crippen molar-refractivity contribution in [3.8, 4) is 0 Å². The molecule has 1 aromatic carbocycles. The van der Waals surface area contributed by atoms with E-state index < -0.39 is 15.3 Å². The molecular formula is C16H22N2O3S. The maximum atomic E-state index is 13.0. The molecule has 0 bridgehead atoms. The lowest BCUT2D eigenvalue weighted by Gasteiger charge is -2.34. The van der Waals surface area contributed by atoms with E-state index >= 15 is 0 Å². The molecule has 1 aromatic rings. The minimum atomic E-state index is -3.41. The van der Waals surface area contributed by atoms with Gasteiger partial charge in [-0.05, 0) is 30.9 Å². The van der Waals surface area contributed by atoms with Crippen LogP contribution in [0.1, 0.15) is 31.7 Å². The molecule has 2 aliphatic heterocycles. The molecule has 6 heteroatoms. The molecule has 0 aromatic heterocycles. The lowest BCUT2D eigenvalue weighted by molar-refractivity contribution is -0.131. The quantitative estimate of drug-likeness (QED) is 0.852. The van der Waals surface area contributed by atoms with E-state index in [0.29, 0.717) is 32.5 Å². The Bertz CT molecular complexity index is 672. The topological polar surface area (TPSA) is 57.7 Å². The van der Waals surface area contributed by atoms with Crippen molar-refractivity contribution in [3.63, 3.8) is 0 Å². The first-order valence-corrected chi connectivity index (χ1v) is 9.41. The van der Waals surface area contributed by atoms with Crippen LogP contribution in [-0.2, 0) is 21.2 Å². The van der Waals surface area contributed by atoms with E-state index in [-0.39, 0.29) is 5.91 Å². The van der Waals surface area contributed by atoms with Gasteiger partial charge < -0.3 is 4.90 Å². The van der Waals surface area contributed by atoms with Gasteiger partial charge in [-0.15, -0.1) is 0 Å². The summed E-state index contributed by atoms with van der Waals surface area (Å²) in [4.78, 5) is 13.6. The lowest BCUT2D eigenvalue weighted by Crippen LogP contribution is -2.49. The molecule has 22 heavy (non-hydrogen) atoms. The van der Waals surface area contributed by atoms with Crippen molar-refractivity contribution in [2.45, 2.75) is 37.9 Å². The molecule has 0 N–H and O–H groups in total. The first kappa shape index (κ1) is 15.3. The number of sulfonamides is 1. The molecule has 2 heterocycles. The van der Waals surface area contributed by atoms with Crippen molar-refractivity contribution < 1.29 is 13.2 Å². The highest BCUT2D eigenvalue weighted by Crippen LogP contribution is 2.33. The summed E-state index contributed by atoms with van der Waals surface area (Å²) >= 11 is 0. The summed E-state index contributed by atoms with van der Waals surface area (Å²) in [6, 6.07) is 7.67. The standard InChI is InChI=1S/C16H22N2O3S/c1-2-16(19)17-10-5-7-14(12-17)22(20,21)18-11-9-13-6-3-4-8-15(13)18/h3-4,6,8,14H,2,5,7,9-12H2,1H3. The Morgan fingerprint density at radius 3 is 2.82 bits per heavy atom. The van der Waals surface area contributed by atoms with Crippen LogP contribution in [0.25, 0.3) is 0 Å². The summed E-state index contributed by atoms with van der Waals surface area (Å²) < 4.78 is 27.5. The zero-order valence-electron chi connectivity index (χ0n) is 12.9. The van der Waals surface area contributed by atoms with Gasteiger partial charge >= 0.3 is 0 Å². The minimum Gasteiger partial charge on any atom is -0.341 e. The number of carbonyl (C=O) groups is 1. The molecule has 5 nitrogen and oxygen atoms in total. The normalized spacial score (nSPS) is 21.8. The molecule has 3 rings (SSSR count). The third-order valence-electron chi connectivity index (χ3n) is 4.61. The first-order chi connectivity index (χ1) is 10.5. The number of rotatable bonds is 3. The number of hydrogen-bond acceptors (Lipinski definition) is 3. The van der Waals surface area contributed by atoms with Gasteiger partial charge in [-0.2, -0.15) is 0 Å². The molecule has 0 spiro atoms. The molecule has 0 radical (unpaired) electrons. The van der Waals surface area contributed by atoms with Crippen LogP contribution in [0.3, 0.4) is 0 Å². The maximum Gasteiger partial charge on any atom is 0.239 e. The van der Waals surface area contributed by atoms with Gasteiger partial charge in [0.25, 0.3) is 0 Å². The average molecular weight is 322 g/mol. The van der Waals surface area contributed by atoms with Crippen LogP contribution in [-0.4, -0.2) is 44.1 Å². The van der Waals surface area contributed by atoms with Crippen LogP contribution in [0, 0.1) is 0 Å². The second kappa shape index (κ2) is 5.91.